The smallest absolute Gasteiger partial charge is 0.154 e. The van der Waals surface area contributed by atoms with Crippen molar-refractivity contribution in [2.45, 2.75) is 56.4 Å². The number of aromatic nitrogens is 4. The number of benzene rings is 1. The third kappa shape index (κ3) is 3.17. The molecule has 0 spiro atoms. The van der Waals surface area contributed by atoms with E-state index in [0.717, 1.165) is 55.7 Å². The number of alkyl halides is 1. The third-order valence-corrected chi connectivity index (χ3v) is 6.98. The van der Waals surface area contributed by atoms with Gasteiger partial charge in [0, 0.05) is 42.7 Å². The molecule has 2 bridgehead atoms. The van der Waals surface area contributed by atoms with Gasteiger partial charge in [-0.15, -0.1) is 10.2 Å². The Balaban J connectivity index is 1.31. The molecule has 6 rings (SSSR count). The van der Waals surface area contributed by atoms with Crippen LogP contribution in [0.1, 0.15) is 31.2 Å². The Morgan fingerprint density at radius 3 is 2.94 bits per heavy atom. The van der Waals surface area contributed by atoms with Crippen molar-refractivity contribution in [2.75, 3.05) is 11.4 Å². The Morgan fingerprint density at radius 2 is 2.10 bits per heavy atom. The monoisotopic (exact) mass is 420 g/mol. The second-order valence-corrected chi connectivity index (χ2v) is 8.84. The van der Waals surface area contributed by atoms with Gasteiger partial charge >= 0.3 is 0 Å². The fraction of sp³-hybridized carbons (Fsp3) is 0.435. The van der Waals surface area contributed by atoms with Crippen LogP contribution in [0, 0.1) is 0 Å². The van der Waals surface area contributed by atoms with Gasteiger partial charge in [-0.3, -0.25) is 0 Å². The molecule has 4 atom stereocenters. The van der Waals surface area contributed by atoms with E-state index in [-0.39, 0.29) is 17.8 Å². The van der Waals surface area contributed by atoms with Crippen LogP contribution < -0.4 is 10.2 Å². The van der Waals surface area contributed by atoms with E-state index in [1.165, 1.54) is 0 Å². The number of aromatic hydroxyl groups is 1. The lowest BCUT2D eigenvalue weighted by Crippen LogP contribution is -2.57. The van der Waals surface area contributed by atoms with Gasteiger partial charge in [-0.2, -0.15) is 0 Å². The van der Waals surface area contributed by atoms with E-state index in [9.17, 15) is 5.11 Å². The molecule has 0 unspecified atom stereocenters. The number of hydrogen-bond donors (Lipinski definition) is 2. The molecule has 2 N–H and O–H groups in total. The first-order valence-electron chi connectivity index (χ1n) is 11.0. The number of anilines is 1. The molecule has 7 nitrogen and oxygen atoms in total. The van der Waals surface area contributed by atoms with Crippen LogP contribution in [0.25, 0.3) is 16.9 Å². The number of nitrogens with zero attached hydrogens (tertiary/aromatic N) is 5. The van der Waals surface area contributed by atoms with E-state index >= 15 is 4.39 Å². The molecule has 1 aromatic carbocycles. The largest absolute Gasteiger partial charge is 0.507 e. The molecular formula is C23H25FN6O. The summed E-state index contributed by atoms with van der Waals surface area (Å²) < 4.78 is 17.0. The summed E-state index contributed by atoms with van der Waals surface area (Å²) in [5.74, 6) is 0.949. The first kappa shape index (κ1) is 18.7. The number of imidazole rings is 1. The molecule has 0 saturated carbocycles. The number of aryl methyl sites for hydroxylation is 1. The lowest BCUT2D eigenvalue weighted by molar-refractivity contribution is 0.171. The Hall–Kier alpha value is -3.00. The second-order valence-electron chi connectivity index (χ2n) is 8.84. The molecule has 160 valence electrons. The summed E-state index contributed by atoms with van der Waals surface area (Å²) >= 11 is 0. The van der Waals surface area contributed by atoms with Gasteiger partial charge in [0.1, 0.15) is 11.9 Å². The fourth-order valence-corrected chi connectivity index (χ4v) is 5.44. The van der Waals surface area contributed by atoms with Crippen LogP contribution in [0.2, 0.25) is 0 Å². The molecule has 31 heavy (non-hydrogen) atoms. The van der Waals surface area contributed by atoms with Crippen molar-refractivity contribution in [3.8, 4) is 22.7 Å². The number of halogens is 1. The number of fused-ring (bicyclic) bond motifs is 3. The lowest BCUT2D eigenvalue weighted by Gasteiger charge is -2.42. The number of phenolic OH excluding ortho intramolecular Hbond substituents is 1. The van der Waals surface area contributed by atoms with Crippen molar-refractivity contribution in [2.24, 2.45) is 0 Å². The maximum absolute atomic E-state index is 15.2. The molecule has 2 aromatic heterocycles. The van der Waals surface area contributed by atoms with E-state index < -0.39 is 6.17 Å². The zero-order valence-electron chi connectivity index (χ0n) is 17.2. The van der Waals surface area contributed by atoms with E-state index in [1.807, 2.05) is 29.0 Å². The third-order valence-electron chi connectivity index (χ3n) is 6.98. The zero-order chi connectivity index (χ0) is 20.9. The van der Waals surface area contributed by atoms with Crippen LogP contribution in [0.3, 0.4) is 0 Å². The second kappa shape index (κ2) is 7.30. The highest BCUT2D eigenvalue weighted by Crippen LogP contribution is 2.38. The van der Waals surface area contributed by atoms with Crippen molar-refractivity contribution in [3.63, 3.8) is 0 Å². The van der Waals surface area contributed by atoms with Gasteiger partial charge in [-0.05, 0) is 55.9 Å². The summed E-state index contributed by atoms with van der Waals surface area (Å²) in [5.41, 5.74) is 3.18. The van der Waals surface area contributed by atoms with Crippen LogP contribution in [0.5, 0.6) is 5.75 Å². The van der Waals surface area contributed by atoms with Crippen molar-refractivity contribution < 1.29 is 9.50 Å². The van der Waals surface area contributed by atoms with Crippen LogP contribution in [0.15, 0.2) is 43.0 Å². The van der Waals surface area contributed by atoms with Gasteiger partial charge in [0.05, 0.1) is 23.8 Å². The topological polar surface area (TPSA) is 79.1 Å². The Labute approximate surface area is 179 Å². The maximum atomic E-state index is 15.2. The van der Waals surface area contributed by atoms with E-state index in [1.54, 1.807) is 18.6 Å². The molecule has 3 aliphatic heterocycles. The molecule has 2 saturated heterocycles. The van der Waals surface area contributed by atoms with E-state index in [0.29, 0.717) is 17.3 Å². The first-order chi connectivity index (χ1) is 15.2. The van der Waals surface area contributed by atoms with Gasteiger partial charge in [-0.1, -0.05) is 0 Å². The number of rotatable bonds is 3. The van der Waals surface area contributed by atoms with Crippen molar-refractivity contribution in [1.29, 1.82) is 0 Å². The molecule has 3 aliphatic rings. The molecular weight excluding hydrogens is 395 g/mol. The van der Waals surface area contributed by atoms with Gasteiger partial charge in [0.25, 0.3) is 0 Å². The highest BCUT2D eigenvalue weighted by atomic mass is 19.1. The summed E-state index contributed by atoms with van der Waals surface area (Å²) in [5, 5.41) is 23.0. The molecule has 2 fully saturated rings. The Bertz CT molecular complexity index is 1100. The Morgan fingerprint density at radius 1 is 1.16 bits per heavy atom. The molecule has 0 amide bonds. The fourth-order valence-electron chi connectivity index (χ4n) is 5.44. The van der Waals surface area contributed by atoms with Crippen molar-refractivity contribution in [1.82, 2.24) is 25.1 Å². The first-order valence-corrected chi connectivity index (χ1v) is 11.0. The van der Waals surface area contributed by atoms with Crippen LogP contribution in [-0.4, -0.2) is 55.7 Å². The lowest BCUT2D eigenvalue weighted by atomic mass is 9.93. The minimum Gasteiger partial charge on any atom is -0.507 e. The summed E-state index contributed by atoms with van der Waals surface area (Å²) in [7, 11) is 0. The van der Waals surface area contributed by atoms with Crippen molar-refractivity contribution in [3.05, 3.63) is 48.5 Å². The summed E-state index contributed by atoms with van der Waals surface area (Å²) in [6.45, 7) is 0.816. The summed E-state index contributed by atoms with van der Waals surface area (Å²) in [6.07, 6.45) is 8.97. The number of hydrogen-bond acceptors (Lipinski definition) is 6. The normalized spacial score (nSPS) is 27.3. The van der Waals surface area contributed by atoms with Crippen LogP contribution in [-0.2, 0) is 6.42 Å². The molecule has 8 heteroatoms. The predicted octanol–water partition coefficient (Wildman–Crippen LogP) is 3.02. The number of piperidine rings is 1. The zero-order valence-corrected chi connectivity index (χ0v) is 17.2. The van der Waals surface area contributed by atoms with Gasteiger partial charge < -0.3 is 19.9 Å². The summed E-state index contributed by atoms with van der Waals surface area (Å²) in [4.78, 5) is 6.19. The van der Waals surface area contributed by atoms with Crippen LogP contribution in [0.4, 0.5) is 10.2 Å². The maximum Gasteiger partial charge on any atom is 0.154 e. The van der Waals surface area contributed by atoms with E-state index in [2.05, 4.69) is 25.4 Å². The number of phenols is 1. The molecule has 0 radical (unpaired) electrons. The van der Waals surface area contributed by atoms with Gasteiger partial charge in [-0.25, -0.2) is 9.37 Å². The summed E-state index contributed by atoms with van der Waals surface area (Å²) in [6, 6.07) is 7.71. The minimum atomic E-state index is -0.883. The average molecular weight is 420 g/mol. The van der Waals surface area contributed by atoms with Crippen LogP contribution >= 0.6 is 0 Å². The molecule has 5 heterocycles. The van der Waals surface area contributed by atoms with Crippen molar-refractivity contribution >= 4 is 5.82 Å². The SMILES string of the molecule is Oc1cc(-n2ccnc2)ccc1-c1cc2c(nn1)N([C@@H]1C[C@H]3CC[C@H](N3)[C@@H]1F)CCC2. The molecule has 0 aliphatic carbocycles. The minimum absolute atomic E-state index is 0.0349. The molecule has 3 aromatic rings. The van der Waals surface area contributed by atoms with Gasteiger partial charge in [0.15, 0.2) is 5.82 Å². The highest BCUT2D eigenvalue weighted by molar-refractivity contribution is 5.70. The standard InChI is InChI=1S/C23H25FN6O/c24-22-18-6-3-15(26-18)11-20(22)30-8-1-2-14-10-19(27-28-23(14)30)17-5-4-16(12-21(17)31)29-9-7-25-13-29/h4-5,7,9-10,12-13,15,18,20,22,26,31H,1-3,6,8,11H2/t15-,18+,20-,22+/m1/s1. The van der Waals surface area contributed by atoms with E-state index in [4.69, 9.17) is 0 Å². The predicted molar refractivity (Wildman–Crippen MR) is 115 cm³/mol. The quantitative estimate of drug-likeness (QED) is 0.678. The highest BCUT2D eigenvalue weighted by Gasteiger charge is 2.45. The average Bonchev–Trinajstić information content (AvgIpc) is 3.46. The Kier molecular flexibility index (Phi) is 4.41. The van der Waals surface area contributed by atoms with Gasteiger partial charge in [0.2, 0.25) is 0 Å². The number of nitrogens with one attached hydrogen (secondary N) is 1.